The Morgan fingerprint density at radius 1 is 1.27 bits per heavy atom. The maximum Gasteiger partial charge on any atom is 0.145 e. The average molecular weight is 330 g/mol. The second-order valence-electron chi connectivity index (χ2n) is 4.83. The minimum atomic E-state index is 0.664. The second kappa shape index (κ2) is 5.62. The molecule has 1 aliphatic heterocycles. The van der Waals surface area contributed by atoms with Gasteiger partial charge in [0, 0.05) is 47.6 Å². The molecule has 0 aromatic carbocycles. The Morgan fingerprint density at radius 3 is 3.14 bits per heavy atom. The fourth-order valence-corrected chi connectivity index (χ4v) is 3.79. The minimum Gasteiger partial charge on any atom is -0.346 e. The lowest BCUT2D eigenvalue weighted by atomic mass is 10.2. The molecule has 22 heavy (non-hydrogen) atoms. The van der Waals surface area contributed by atoms with Gasteiger partial charge in [-0.3, -0.25) is 4.98 Å². The third-order valence-corrected chi connectivity index (χ3v) is 4.83. The molecule has 0 amide bonds. The summed E-state index contributed by atoms with van der Waals surface area (Å²) < 4.78 is 0. The molecule has 5 nitrogen and oxygen atoms in total. The van der Waals surface area contributed by atoms with Gasteiger partial charge in [0.25, 0.3) is 0 Å². The first-order valence-electron chi connectivity index (χ1n) is 6.82. The van der Waals surface area contributed by atoms with Gasteiger partial charge in [-0.05, 0) is 12.1 Å². The Kier molecular flexibility index (Phi) is 3.48. The van der Waals surface area contributed by atoms with Crippen molar-refractivity contribution < 1.29 is 0 Å². The van der Waals surface area contributed by atoms with Crippen LogP contribution in [0.2, 0.25) is 5.02 Å². The summed E-state index contributed by atoms with van der Waals surface area (Å²) in [4.78, 5) is 19.1. The molecule has 3 aromatic rings. The van der Waals surface area contributed by atoms with E-state index in [0.717, 1.165) is 39.6 Å². The zero-order valence-corrected chi connectivity index (χ0v) is 13.1. The molecule has 7 heteroatoms. The van der Waals surface area contributed by atoms with E-state index >= 15 is 0 Å². The molecule has 0 saturated heterocycles. The van der Waals surface area contributed by atoms with Crippen molar-refractivity contribution in [1.29, 1.82) is 0 Å². The largest absolute Gasteiger partial charge is 0.346 e. The molecule has 4 heterocycles. The highest BCUT2D eigenvalue weighted by Gasteiger charge is 2.18. The first kappa shape index (κ1) is 13.6. The number of aromatic amines is 1. The molecule has 110 valence electrons. The van der Waals surface area contributed by atoms with E-state index in [1.807, 2.05) is 18.3 Å². The van der Waals surface area contributed by atoms with E-state index in [1.54, 1.807) is 30.5 Å². The predicted molar refractivity (Wildman–Crippen MR) is 90.9 cm³/mol. The van der Waals surface area contributed by atoms with Crippen LogP contribution in [0.3, 0.4) is 0 Å². The van der Waals surface area contributed by atoms with Crippen LogP contribution in [-0.2, 0) is 0 Å². The summed E-state index contributed by atoms with van der Waals surface area (Å²) in [5.41, 5.74) is 1.85. The van der Waals surface area contributed by atoms with Crippen LogP contribution in [0.15, 0.2) is 43.3 Å². The molecular formula is C15H12ClN5S. The van der Waals surface area contributed by atoms with Crippen LogP contribution in [-0.4, -0.2) is 32.2 Å². The summed E-state index contributed by atoms with van der Waals surface area (Å²) in [6, 6.07) is 3.94. The SMILES string of the molecule is Clc1cnccc1C1=CN(c2ncnc3[nH]ccc23)CCS1. The van der Waals surface area contributed by atoms with Crippen molar-refractivity contribution in [2.45, 2.75) is 0 Å². The fraction of sp³-hybridized carbons (Fsp3) is 0.133. The van der Waals surface area contributed by atoms with Gasteiger partial charge in [0.15, 0.2) is 0 Å². The lowest BCUT2D eigenvalue weighted by Gasteiger charge is -2.26. The molecule has 0 radical (unpaired) electrons. The number of nitrogens with one attached hydrogen (secondary N) is 1. The molecular weight excluding hydrogens is 318 g/mol. The molecule has 0 bridgehead atoms. The molecule has 0 fully saturated rings. The number of aromatic nitrogens is 4. The highest BCUT2D eigenvalue weighted by atomic mass is 35.5. The first-order valence-corrected chi connectivity index (χ1v) is 8.18. The highest BCUT2D eigenvalue weighted by molar-refractivity contribution is 8.08. The van der Waals surface area contributed by atoms with Crippen LogP contribution >= 0.6 is 23.4 Å². The molecule has 0 spiro atoms. The summed E-state index contributed by atoms with van der Waals surface area (Å²) in [5.74, 6) is 1.88. The summed E-state index contributed by atoms with van der Waals surface area (Å²) in [6.45, 7) is 0.897. The normalized spacial score (nSPS) is 15.1. The van der Waals surface area contributed by atoms with Crippen molar-refractivity contribution in [3.05, 3.63) is 53.8 Å². The molecule has 3 aromatic heterocycles. The van der Waals surface area contributed by atoms with Gasteiger partial charge in [-0.25, -0.2) is 9.97 Å². The number of pyridine rings is 1. The van der Waals surface area contributed by atoms with Crippen molar-refractivity contribution in [3.63, 3.8) is 0 Å². The van der Waals surface area contributed by atoms with Gasteiger partial charge in [0.2, 0.25) is 0 Å². The minimum absolute atomic E-state index is 0.664. The molecule has 4 rings (SSSR count). The number of thioether (sulfide) groups is 1. The maximum atomic E-state index is 6.26. The van der Waals surface area contributed by atoms with Gasteiger partial charge in [0.1, 0.15) is 17.8 Å². The summed E-state index contributed by atoms with van der Waals surface area (Å²) in [7, 11) is 0. The summed E-state index contributed by atoms with van der Waals surface area (Å²) >= 11 is 8.06. The van der Waals surface area contributed by atoms with Gasteiger partial charge in [0.05, 0.1) is 10.4 Å². The summed E-state index contributed by atoms with van der Waals surface area (Å²) in [6.07, 6.45) is 9.00. The molecule has 0 unspecified atom stereocenters. The van der Waals surface area contributed by atoms with E-state index in [-0.39, 0.29) is 0 Å². The third-order valence-electron chi connectivity index (χ3n) is 3.51. The lowest BCUT2D eigenvalue weighted by molar-refractivity contribution is 0.988. The van der Waals surface area contributed by atoms with E-state index in [2.05, 4.69) is 31.0 Å². The van der Waals surface area contributed by atoms with Crippen LogP contribution in [0.25, 0.3) is 15.9 Å². The standard InChI is InChI=1S/C15H12ClN5S/c16-12-7-17-3-1-10(12)13-8-21(5-6-22-13)15-11-2-4-18-14(11)19-9-20-15/h1-4,7-9H,5-6H2,(H,18,19,20). The zero-order valence-electron chi connectivity index (χ0n) is 11.5. The van der Waals surface area contributed by atoms with E-state index in [1.165, 1.54) is 0 Å². The van der Waals surface area contributed by atoms with E-state index in [4.69, 9.17) is 11.6 Å². The third kappa shape index (κ3) is 2.34. The van der Waals surface area contributed by atoms with Crippen LogP contribution in [0, 0.1) is 0 Å². The number of rotatable bonds is 2. The number of hydrogen-bond donors (Lipinski definition) is 1. The Labute approximate surface area is 136 Å². The molecule has 0 saturated carbocycles. The van der Waals surface area contributed by atoms with Crippen molar-refractivity contribution in [1.82, 2.24) is 19.9 Å². The van der Waals surface area contributed by atoms with Crippen LogP contribution < -0.4 is 4.90 Å². The number of halogens is 1. The molecule has 0 aliphatic carbocycles. The highest BCUT2D eigenvalue weighted by Crippen LogP contribution is 2.36. The number of fused-ring (bicyclic) bond motifs is 1. The second-order valence-corrected chi connectivity index (χ2v) is 6.37. The van der Waals surface area contributed by atoms with Gasteiger partial charge < -0.3 is 9.88 Å². The fourth-order valence-electron chi connectivity index (χ4n) is 2.47. The van der Waals surface area contributed by atoms with Crippen LogP contribution in [0.5, 0.6) is 0 Å². The zero-order chi connectivity index (χ0) is 14.9. The number of H-pyrrole nitrogens is 1. The van der Waals surface area contributed by atoms with Crippen molar-refractivity contribution in [2.24, 2.45) is 0 Å². The van der Waals surface area contributed by atoms with Gasteiger partial charge in [-0.2, -0.15) is 0 Å². The van der Waals surface area contributed by atoms with Crippen LogP contribution in [0.1, 0.15) is 5.56 Å². The molecule has 0 atom stereocenters. The smallest absolute Gasteiger partial charge is 0.145 e. The monoisotopic (exact) mass is 329 g/mol. The van der Waals surface area contributed by atoms with Crippen molar-refractivity contribution in [2.75, 3.05) is 17.2 Å². The van der Waals surface area contributed by atoms with E-state index in [9.17, 15) is 0 Å². The Bertz CT molecular complexity index is 860. The maximum absolute atomic E-state index is 6.26. The first-order chi connectivity index (χ1) is 10.8. The van der Waals surface area contributed by atoms with Crippen molar-refractivity contribution in [3.8, 4) is 0 Å². The van der Waals surface area contributed by atoms with Crippen molar-refractivity contribution >= 4 is 45.1 Å². The van der Waals surface area contributed by atoms with Gasteiger partial charge in [-0.15, -0.1) is 11.8 Å². The topological polar surface area (TPSA) is 57.7 Å². The number of anilines is 1. The molecule has 1 aliphatic rings. The molecule has 1 N–H and O–H groups in total. The quantitative estimate of drug-likeness (QED) is 0.779. The van der Waals surface area contributed by atoms with Gasteiger partial charge >= 0.3 is 0 Å². The predicted octanol–water partition coefficient (Wildman–Crippen LogP) is 3.56. The summed E-state index contributed by atoms with van der Waals surface area (Å²) in [5, 5.41) is 1.68. The number of nitrogens with zero attached hydrogens (tertiary/aromatic N) is 4. The Balaban J connectivity index is 1.78. The van der Waals surface area contributed by atoms with Gasteiger partial charge in [-0.1, -0.05) is 11.6 Å². The van der Waals surface area contributed by atoms with E-state index in [0.29, 0.717) is 5.02 Å². The Morgan fingerprint density at radius 2 is 2.23 bits per heavy atom. The average Bonchev–Trinajstić information content (AvgIpc) is 3.04. The van der Waals surface area contributed by atoms with E-state index < -0.39 is 0 Å². The van der Waals surface area contributed by atoms with Crippen LogP contribution in [0.4, 0.5) is 5.82 Å². The number of hydrogen-bond acceptors (Lipinski definition) is 5. The lowest BCUT2D eigenvalue weighted by Crippen LogP contribution is -2.24. The Hall–Kier alpha value is -2.05.